The summed E-state index contributed by atoms with van der Waals surface area (Å²) in [4.78, 5) is 10.3. The van der Waals surface area contributed by atoms with Gasteiger partial charge in [-0.05, 0) is 19.1 Å². The molecule has 0 bridgehead atoms. The van der Waals surface area contributed by atoms with E-state index in [0.717, 1.165) is 0 Å². The van der Waals surface area contributed by atoms with Crippen molar-refractivity contribution >= 4 is 13.8 Å². The average molecular weight is 263 g/mol. The van der Waals surface area contributed by atoms with Crippen LogP contribution in [0.4, 0.5) is 5.69 Å². The molecule has 0 spiro atoms. The van der Waals surface area contributed by atoms with E-state index in [1.807, 2.05) is 0 Å². The molecule has 96 valence electrons. The second-order valence-corrected chi connectivity index (χ2v) is 9.96. The molecule has 1 N–H and O–H groups in total. The smallest absolute Gasteiger partial charge is 0.275 e. The van der Waals surface area contributed by atoms with E-state index in [1.165, 1.54) is 13.0 Å². The summed E-state index contributed by atoms with van der Waals surface area (Å²) in [7, 11) is -1.48. The molecule has 0 fully saturated rings. The summed E-state index contributed by atoms with van der Waals surface area (Å²) in [6.07, 6.45) is -0.876. The highest BCUT2D eigenvalue weighted by atomic mass is 28.3. The van der Waals surface area contributed by atoms with Crippen molar-refractivity contribution in [2.45, 2.75) is 32.7 Å². The number of aliphatic hydroxyl groups excluding tert-OH is 1. The first kappa shape index (κ1) is 14.4. The molecular formula is C13H17NO3Si. The third-order valence-electron chi connectivity index (χ3n) is 2.26. The van der Waals surface area contributed by atoms with E-state index in [4.69, 9.17) is 0 Å². The predicted molar refractivity (Wildman–Crippen MR) is 74.0 cm³/mol. The van der Waals surface area contributed by atoms with Gasteiger partial charge in [0.15, 0.2) is 0 Å². The fourth-order valence-electron chi connectivity index (χ4n) is 1.39. The number of nitrogens with zero attached hydrogens (tertiary/aromatic N) is 1. The molecule has 0 saturated carbocycles. The Kier molecular flexibility index (Phi) is 4.27. The molecule has 4 nitrogen and oxygen atoms in total. The standard InChI is InChI=1S/C13H17NO3Si/c1-10(15)12-9-11(7-8-18(2,3)4)5-6-13(12)14(16)17/h5-6,9-10,15H,1-4H3. The van der Waals surface area contributed by atoms with Crippen LogP contribution in [0.25, 0.3) is 0 Å². The van der Waals surface area contributed by atoms with Crippen molar-refractivity contribution in [1.29, 1.82) is 0 Å². The van der Waals surface area contributed by atoms with E-state index in [0.29, 0.717) is 11.1 Å². The minimum absolute atomic E-state index is 0.0662. The first-order chi connectivity index (χ1) is 8.20. The van der Waals surface area contributed by atoms with Gasteiger partial charge in [0.1, 0.15) is 8.07 Å². The monoisotopic (exact) mass is 263 g/mol. The van der Waals surface area contributed by atoms with Gasteiger partial charge < -0.3 is 5.11 Å². The van der Waals surface area contributed by atoms with Crippen LogP contribution in [0.2, 0.25) is 19.6 Å². The van der Waals surface area contributed by atoms with Crippen molar-refractivity contribution in [1.82, 2.24) is 0 Å². The van der Waals surface area contributed by atoms with Crippen LogP contribution in [-0.2, 0) is 0 Å². The topological polar surface area (TPSA) is 63.4 Å². The Morgan fingerprint density at radius 3 is 2.44 bits per heavy atom. The molecule has 5 heteroatoms. The highest BCUT2D eigenvalue weighted by Gasteiger charge is 2.17. The number of hydrogen-bond acceptors (Lipinski definition) is 3. The normalized spacial score (nSPS) is 12.5. The SMILES string of the molecule is CC(O)c1cc(C#C[Si](C)(C)C)ccc1[N+](=O)[O-]. The molecular weight excluding hydrogens is 246 g/mol. The lowest BCUT2D eigenvalue weighted by Gasteiger charge is -2.07. The van der Waals surface area contributed by atoms with Gasteiger partial charge in [-0.2, -0.15) is 0 Å². The molecule has 0 aliphatic heterocycles. The van der Waals surface area contributed by atoms with E-state index in [-0.39, 0.29) is 5.69 Å². The van der Waals surface area contributed by atoms with Gasteiger partial charge >= 0.3 is 0 Å². The molecule has 1 rings (SSSR count). The third kappa shape index (κ3) is 3.98. The zero-order valence-electron chi connectivity index (χ0n) is 11.0. The van der Waals surface area contributed by atoms with Crippen molar-refractivity contribution in [3.8, 4) is 11.5 Å². The number of aliphatic hydroxyl groups is 1. The second-order valence-electron chi connectivity index (χ2n) is 5.21. The lowest BCUT2D eigenvalue weighted by atomic mass is 10.1. The Balaban J connectivity index is 3.23. The van der Waals surface area contributed by atoms with Crippen LogP contribution in [0.5, 0.6) is 0 Å². The number of nitro groups is 1. The van der Waals surface area contributed by atoms with Gasteiger partial charge in [0.25, 0.3) is 5.69 Å². The lowest BCUT2D eigenvalue weighted by molar-refractivity contribution is -0.386. The quantitative estimate of drug-likeness (QED) is 0.386. The molecule has 0 radical (unpaired) electrons. The summed E-state index contributed by atoms with van der Waals surface area (Å²) >= 11 is 0. The van der Waals surface area contributed by atoms with E-state index in [1.54, 1.807) is 12.1 Å². The van der Waals surface area contributed by atoms with E-state index < -0.39 is 19.1 Å². The summed E-state index contributed by atoms with van der Waals surface area (Å²) in [6, 6.07) is 4.61. The molecule has 0 heterocycles. The summed E-state index contributed by atoms with van der Waals surface area (Å²) in [5.74, 6) is 3.02. The Bertz CT molecular complexity index is 521. The van der Waals surface area contributed by atoms with Crippen LogP contribution < -0.4 is 0 Å². The zero-order valence-corrected chi connectivity index (χ0v) is 12.0. The Morgan fingerprint density at radius 2 is 2.00 bits per heavy atom. The number of nitro benzene ring substituents is 1. The molecule has 0 aromatic heterocycles. The maximum absolute atomic E-state index is 10.8. The van der Waals surface area contributed by atoms with Crippen molar-refractivity contribution in [2.75, 3.05) is 0 Å². The zero-order chi connectivity index (χ0) is 13.9. The summed E-state index contributed by atoms with van der Waals surface area (Å²) in [6.45, 7) is 7.89. The summed E-state index contributed by atoms with van der Waals surface area (Å²) in [5.41, 5.74) is 4.14. The fraction of sp³-hybridized carbons (Fsp3) is 0.385. The van der Waals surface area contributed by atoms with E-state index in [9.17, 15) is 15.2 Å². The van der Waals surface area contributed by atoms with Gasteiger partial charge in [0, 0.05) is 11.6 Å². The molecule has 0 saturated heterocycles. The molecule has 1 atom stereocenters. The Morgan fingerprint density at radius 1 is 1.39 bits per heavy atom. The molecule has 0 amide bonds. The minimum Gasteiger partial charge on any atom is -0.388 e. The fourth-order valence-corrected chi connectivity index (χ4v) is 1.91. The van der Waals surface area contributed by atoms with Crippen LogP contribution in [0.3, 0.4) is 0 Å². The third-order valence-corrected chi connectivity index (χ3v) is 3.13. The largest absolute Gasteiger partial charge is 0.388 e. The second kappa shape index (κ2) is 5.34. The van der Waals surface area contributed by atoms with Crippen molar-refractivity contribution < 1.29 is 10.0 Å². The van der Waals surface area contributed by atoms with Crippen molar-refractivity contribution in [3.63, 3.8) is 0 Å². The van der Waals surface area contributed by atoms with Crippen LogP contribution in [-0.4, -0.2) is 18.1 Å². The number of rotatable bonds is 2. The van der Waals surface area contributed by atoms with Crippen LogP contribution in [0.1, 0.15) is 24.2 Å². The highest BCUT2D eigenvalue weighted by Crippen LogP contribution is 2.25. The average Bonchev–Trinajstić information content (AvgIpc) is 2.24. The minimum atomic E-state index is -1.48. The Labute approximate surface area is 108 Å². The lowest BCUT2D eigenvalue weighted by Crippen LogP contribution is -2.16. The maximum atomic E-state index is 10.8. The number of benzene rings is 1. The predicted octanol–water partition coefficient (Wildman–Crippen LogP) is 2.88. The molecule has 0 aliphatic rings. The van der Waals surface area contributed by atoms with Gasteiger partial charge in [0.2, 0.25) is 0 Å². The van der Waals surface area contributed by atoms with Gasteiger partial charge in [0.05, 0.1) is 16.6 Å². The van der Waals surface area contributed by atoms with Gasteiger partial charge in [-0.1, -0.05) is 25.6 Å². The molecule has 1 aromatic rings. The van der Waals surface area contributed by atoms with Crippen molar-refractivity contribution in [2.24, 2.45) is 0 Å². The number of hydrogen-bond donors (Lipinski definition) is 1. The van der Waals surface area contributed by atoms with Crippen LogP contribution >= 0.6 is 0 Å². The van der Waals surface area contributed by atoms with E-state index in [2.05, 4.69) is 31.1 Å². The summed E-state index contributed by atoms with van der Waals surface area (Å²) < 4.78 is 0. The molecule has 0 aliphatic carbocycles. The first-order valence-electron chi connectivity index (χ1n) is 5.70. The molecule has 1 aromatic carbocycles. The van der Waals surface area contributed by atoms with Crippen LogP contribution in [0.15, 0.2) is 18.2 Å². The van der Waals surface area contributed by atoms with E-state index >= 15 is 0 Å². The molecule has 1 unspecified atom stereocenters. The van der Waals surface area contributed by atoms with Gasteiger partial charge in [-0.3, -0.25) is 10.1 Å². The van der Waals surface area contributed by atoms with Gasteiger partial charge in [-0.25, -0.2) is 0 Å². The summed E-state index contributed by atoms with van der Waals surface area (Å²) in [5, 5.41) is 20.4. The van der Waals surface area contributed by atoms with Crippen molar-refractivity contribution in [3.05, 3.63) is 39.4 Å². The molecule has 18 heavy (non-hydrogen) atoms. The maximum Gasteiger partial charge on any atom is 0.275 e. The van der Waals surface area contributed by atoms with Crippen LogP contribution in [0, 0.1) is 21.6 Å². The first-order valence-corrected chi connectivity index (χ1v) is 9.20. The van der Waals surface area contributed by atoms with Gasteiger partial charge in [-0.15, -0.1) is 5.54 Å². The Hall–Kier alpha value is -1.64. The highest BCUT2D eigenvalue weighted by molar-refractivity contribution is 6.83.